The van der Waals surface area contributed by atoms with E-state index in [2.05, 4.69) is 10.5 Å². The highest BCUT2D eigenvalue weighted by molar-refractivity contribution is 5.72. The van der Waals surface area contributed by atoms with Crippen LogP contribution in [0.15, 0.2) is 16.9 Å². The number of nitrogens with zero attached hydrogens (tertiary/aromatic N) is 2. The van der Waals surface area contributed by atoms with Gasteiger partial charge < -0.3 is 0 Å². The van der Waals surface area contributed by atoms with Gasteiger partial charge in [0.05, 0.1) is 11.8 Å². The maximum atomic E-state index is 12.3. The van der Waals surface area contributed by atoms with Crippen molar-refractivity contribution in [1.29, 1.82) is 0 Å². The molecule has 0 radical (unpaired) electrons. The number of hydrogen-bond acceptors (Lipinski definition) is 3. The maximum Gasteiger partial charge on any atom is 0.432 e. The molecule has 3 nitrogen and oxygen atoms in total. The Labute approximate surface area is 80.2 Å². The summed E-state index contributed by atoms with van der Waals surface area (Å²) in [5.41, 5.74) is 0.903. The van der Waals surface area contributed by atoms with E-state index in [0.29, 0.717) is 0 Å². The second-order valence-corrected chi connectivity index (χ2v) is 3.94. The molecule has 1 N–H and O–H groups in total. The minimum absolute atomic E-state index is 0.499. The first-order valence-electron chi connectivity index (χ1n) is 4.09. The molecular weight excluding hydrogens is 195 g/mol. The molecule has 80 valence electrons. The monoisotopic (exact) mass is 207 g/mol. The van der Waals surface area contributed by atoms with Gasteiger partial charge in [-0.3, -0.25) is 5.43 Å². The van der Waals surface area contributed by atoms with Crippen molar-refractivity contribution in [2.24, 2.45) is 5.10 Å². The number of allylic oxidation sites excluding steroid dienone is 2. The van der Waals surface area contributed by atoms with Gasteiger partial charge in [0.15, 0.2) is 0 Å². The van der Waals surface area contributed by atoms with E-state index in [1.54, 1.807) is 20.8 Å². The second-order valence-electron chi connectivity index (χ2n) is 3.94. The van der Waals surface area contributed by atoms with Gasteiger partial charge in [-0.05, 0) is 26.8 Å². The molecule has 1 aliphatic rings. The van der Waals surface area contributed by atoms with Crippen LogP contribution in [0.5, 0.6) is 0 Å². The molecule has 0 aromatic carbocycles. The topological polar surface area (TPSA) is 27.6 Å². The van der Waals surface area contributed by atoms with Crippen LogP contribution in [0.1, 0.15) is 20.8 Å². The molecule has 0 atom stereocenters. The van der Waals surface area contributed by atoms with Crippen LogP contribution in [0.3, 0.4) is 0 Å². The van der Waals surface area contributed by atoms with Crippen LogP contribution in [-0.2, 0) is 0 Å². The van der Waals surface area contributed by atoms with E-state index in [9.17, 15) is 13.2 Å². The number of hydrogen-bond donors (Lipinski definition) is 1. The first-order chi connectivity index (χ1) is 6.21. The van der Waals surface area contributed by atoms with Crippen molar-refractivity contribution in [3.05, 3.63) is 11.8 Å². The summed E-state index contributed by atoms with van der Waals surface area (Å²) >= 11 is 0. The minimum Gasteiger partial charge on any atom is -0.277 e. The molecule has 0 saturated heterocycles. The summed E-state index contributed by atoms with van der Waals surface area (Å²) in [5.74, 6) is 0. The lowest BCUT2D eigenvalue weighted by atomic mass is 10.1. The zero-order valence-electron chi connectivity index (χ0n) is 8.18. The number of hydrazone groups is 1. The van der Waals surface area contributed by atoms with Crippen LogP contribution < -0.4 is 5.43 Å². The van der Waals surface area contributed by atoms with E-state index in [1.165, 1.54) is 5.12 Å². The van der Waals surface area contributed by atoms with Crippen molar-refractivity contribution in [3.8, 4) is 0 Å². The highest BCUT2D eigenvalue weighted by Crippen LogP contribution is 2.26. The molecule has 1 heterocycles. The molecule has 0 saturated carbocycles. The van der Waals surface area contributed by atoms with E-state index < -0.39 is 17.4 Å². The van der Waals surface area contributed by atoms with Crippen molar-refractivity contribution in [1.82, 2.24) is 10.5 Å². The number of nitrogens with one attached hydrogen (secondary N) is 1. The summed E-state index contributed by atoms with van der Waals surface area (Å²) in [6, 6.07) is 0. The van der Waals surface area contributed by atoms with Gasteiger partial charge in [-0.1, -0.05) is 0 Å². The third kappa shape index (κ3) is 2.40. The van der Waals surface area contributed by atoms with Gasteiger partial charge in [0.25, 0.3) is 0 Å². The SMILES string of the molecule is CC(C)(C)N1N=CC=C(C(F)(F)F)N1. The summed E-state index contributed by atoms with van der Waals surface area (Å²) in [7, 11) is 0. The van der Waals surface area contributed by atoms with Crippen molar-refractivity contribution >= 4 is 6.21 Å². The van der Waals surface area contributed by atoms with Gasteiger partial charge in [-0.25, -0.2) is 5.12 Å². The van der Waals surface area contributed by atoms with Gasteiger partial charge in [0.1, 0.15) is 5.70 Å². The molecule has 0 aromatic heterocycles. The summed E-state index contributed by atoms with van der Waals surface area (Å²) in [5, 5.41) is 4.96. The number of halogens is 3. The summed E-state index contributed by atoms with van der Waals surface area (Å²) in [6.45, 7) is 5.28. The Balaban J connectivity index is 2.80. The number of alkyl halides is 3. The molecule has 6 heteroatoms. The van der Waals surface area contributed by atoms with E-state index >= 15 is 0 Å². The molecule has 0 unspecified atom stereocenters. The Bertz CT molecular complexity index is 273. The molecule has 0 amide bonds. The fourth-order valence-corrected chi connectivity index (χ4v) is 0.854. The molecule has 0 bridgehead atoms. The van der Waals surface area contributed by atoms with E-state index in [-0.39, 0.29) is 0 Å². The lowest BCUT2D eigenvalue weighted by molar-refractivity contribution is -0.108. The average molecular weight is 207 g/mol. The van der Waals surface area contributed by atoms with Gasteiger partial charge in [-0.2, -0.15) is 18.3 Å². The predicted octanol–water partition coefficient (Wildman–Crippen LogP) is 2.04. The molecule has 14 heavy (non-hydrogen) atoms. The molecule has 0 aromatic rings. The van der Waals surface area contributed by atoms with Crippen molar-refractivity contribution in [2.45, 2.75) is 32.5 Å². The third-order valence-corrected chi connectivity index (χ3v) is 1.59. The maximum absolute atomic E-state index is 12.3. The highest BCUT2D eigenvalue weighted by Gasteiger charge is 2.37. The van der Waals surface area contributed by atoms with Crippen LogP contribution in [0, 0.1) is 0 Å². The van der Waals surface area contributed by atoms with Gasteiger partial charge in [0.2, 0.25) is 0 Å². The standard InChI is InChI=1S/C8H12F3N3/c1-7(2,3)14-12-5-4-6(13-14)8(9,10)11/h4-5,13H,1-3H3. The first-order valence-corrected chi connectivity index (χ1v) is 4.09. The van der Waals surface area contributed by atoms with Gasteiger partial charge in [-0.15, -0.1) is 0 Å². The Morgan fingerprint density at radius 2 is 1.86 bits per heavy atom. The lowest BCUT2D eigenvalue weighted by Crippen LogP contribution is -2.50. The third-order valence-electron chi connectivity index (χ3n) is 1.59. The van der Waals surface area contributed by atoms with Crippen molar-refractivity contribution in [2.75, 3.05) is 0 Å². The molecule has 1 aliphatic heterocycles. The molecule has 0 aliphatic carbocycles. The van der Waals surface area contributed by atoms with Crippen LogP contribution in [-0.4, -0.2) is 23.0 Å². The minimum atomic E-state index is -4.37. The quantitative estimate of drug-likeness (QED) is 0.658. The molecular formula is C8H12F3N3. The molecule has 0 fully saturated rings. The first kappa shape index (κ1) is 10.9. The summed E-state index contributed by atoms with van der Waals surface area (Å²) in [6.07, 6.45) is -2.33. The Kier molecular flexibility index (Phi) is 2.47. The molecule has 1 rings (SSSR count). The van der Waals surface area contributed by atoms with Gasteiger partial charge >= 0.3 is 6.18 Å². The van der Waals surface area contributed by atoms with Crippen LogP contribution >= 0.6 is 0 Å². The Morgan fingerprint density at radius 1 is 1.29 bits per heavy atom. The Hall–Kier alpha value is -1.20. The summed E-state index contributed by atoms with van der Waals surface area (Å²) in [4.78, 5) is 0. The number of rotatable bonds is 0. The van der Waals surface area contributed by atoms with Crippen molar-refractivity contribution < 1.29 is 13.2 Å². The zero-order valence-corrected chi connectivity index (χ0v) is 8.18. The van der Waals surface area contributed by atoms with Crippen molar-refractivity contribution in [3.63, 3.8) is 0 Å². The fraction of sp³-hybridized carbons (Fsp3) is 0.625. The normalized spacial score (nSPS) is 17.9. The van der Waals surface area contributed by atoms with Gasteiger partial charge in [0, 0.05) is 0 Å². The Morgan fingerprint density at radius 3 is 2.29 bits per heavy atom. The smallest absolute Gasteiger partial charge is 0.277 e. The highest BCUT2D eigenvalue weighted by atomic mass is 19.4. The average Bonchev–Trinajstić information content (AvgIpc) is 2.01. The van der Waals surface area contributed by atoms with E-state index in [4.69, 9.17) is 0 Å². The zero-order chi connectivity index (χ0) is 11.0. The number of hydrazine groups is 1. The largest absolute Gasteiger partial charge is 0.432 e. The summed E-state index contributed by atoms with van der Waals surface area (Å²) < 4.78 is 36.9. The fourth-order valence-electron chi connectivity index (χ4n) is 0.854. The van der Waals surface area contributed by atoms with Crippen LogP contribution in [0.4, 0.5) is 13.2 Å². The van der Waals surface area contributed by atoms with E-state index in [1.807, 2.05) is 0 Å². The van der Waals surface area contributed by atoms with E-state index in [0.717, 1.165) is 12.3 Å². The lowest BCUT2D eigenvalue weighted by Gasteiger charge is -2.36. The predicted molar refractivity (Wildman–Crippen MR) is 47.4 cm³/mol. The van der Waals surface area contributed by atoms with Crippen LogP contribution in [0.25, 0.3) is 0 Å². The second kappa shape index (κ2) is 3.18. The van der Waals surface area contributed by atoms with Crippen LogP contribution in [0.2, 0.25) is 0 Å². The molecule has 0 spiro atoms.